The first-order chi connectivity index (χ1) is 12.7. The molecule has 4 heteroatoms. The first-order valence-corrected chi connectivity index (χ1v) is 9.91. The Balaban J connectivity index is 2.00. The Kier molecular flexibility index (Phi) is 4.06. The third kappa shape index (κ3) is 2.73. The van der Waals surface area contributed by atoms with Crippen molar-refractivity contribution in [2.75, 3.05) is 0 Å². The molecule has 2 aliphatic carbocycles. The number of nitrogens with zero attached hydrogens (tertiary/aromatic N) is 1. The minimum absolute atomic E-state index is 0.0992. The van der Waals surface area contributed by atoms with Crippen molar-refractivity contribution >= 4 is 11.6 Å². The summed E-state index contributed by atoms with van der Waals surface area (Å²) < 4.78 is 0. The smallest absolute Gasteiger partial charge is 0.162 e. The molecule has 0 saturated heterocycles. The molecule has 1 atom stereocenters. The summed E-state index contributed by atoms with van der Waals surface area (Å²) in [6, 6.07) is 10.2. The largest absolute Gasteiger partial charge is 0.401 e. The molecule has 1 heterocycles. The van der Waals surface area contributed by atoms with Crippen LogP contribution in [0.5, 0.6) is 0 Å². The number of carbonyl (C=O) groups is 1. The summed E-state index contributed by atoms with van der Waals surface area (Å²) in [7, 11) is 0. The van der Waals surface area contributed by atoms with E-state index >= 15 is 0 Å². The number of ketones is 1. The number of allylic oxidation sites excluding steroid dienone is 3. The number of nitrogens with two attached hydrogens (primary N) is 2. The second kappa shape index (κ2) is 6.08. The van der Waals surface area contributed by atoms with Gasteiger partial charge in [0.15, 0.2) is 5.78 Å². The van der Waals surface area contributed by atoms with Crippen LogP contribution in [-0.2, 0) is 10.2 Å². The molecule has 1 unspecified atom stereocenters. The molecule has 0 bridgehead atoms. The van der Waals surface area contributed by atoms with Gasteiger partial charge < -0.3 is 11.5 Å². The first-order valence-electron chi connectivity index (χ1n) is 9.91. The van der Waals surface area contributed by atoms with E-state index in [1.807, 2.05) is 18.2 Å². The van der Waals surface area contributed by atoms with E-state index in [0.29, 0.717) is 18.2 Å². The quantitative estimate of drug-likeness (QED) is 0.834. The van der Waals surface area contributed by atoms with Gasteiger partial charge in [0.05, 0.1) is 11.1 Å². The van der Waals surface area contributed by atoms with Gasteiger partial charge in [-0.2, -0.15) is 0 Å². The number of carbonyl (C=O) groups excluding carboxylic acids is 1. The van der Waals surface area contributed by atoms with Crippen molar-refractivity contribution in [3.05, 3.63) is 58.4 Å². The summed E-state index contributed by atoms with van der Waals surface area (Å²) in [6.45, 7) is 6.35. The zero-order valence-corrected chi connectivity index (χ0v) is 16.5. The van der Waals surface area contributed by atoms with E-state index in [4.69, 9.17) is 16.5 Å². The lowest BCUT2D eigenvalue weighted by Crippen LogP contribution is -2.46. The number of Topliss-reactive ketones (excluding diaryl/α,β-unsaturated/α-hetero) is 1. The van der Waals surface area contributed by atoms with Gasteiger partial charge in [0.2, 0.25) is 0 Å². The van der Waals surface area contributed by atoms with E-state index in [-0.39, 0.29) is 11.2 Å². The van der Waals surface area contributed by atoms with Crippen molar-refractivity contribution < 1.29 is 4.79 Å². The van der Waals surface area contributed by atoms with Crippen LogP contribution in [0, 0.1) is 11.3 Å². The van der Waals surface area contributed by atoms with E-state index in [0.717, 1.165) is 47.4 Å². The van der Waals surface area contributed by atoms with Crippen LogP contribution in [0.25, 0.3) is 0 Å². The van der Waals surface area contributed by atoms with Gasteiger partial charge in [-0.25, -0.2) is 4.99 Å². The topological polar surface area (TPSA) is 81.5 Å². The fourth-order valence-electron chi connectivity index (χ4n) is 4.95. The molecule has 4 N–H and O–H groups in total. The van der Waals surface area contributed by atoms with E-state index in [1.54, 1.807) is 0 Å². The molecule has 1 fully saturated rings. The van der Waals surface area contributed by atoms with Gasteiger partial charge in [-0.1, -0.05) is 50.6 Å². The molecule has 1 aromatic carbocycles. The highest BCUT2D eigenvalue weighted by Gasteiger charge is 2.49. The fraction of sp³-hybridized carbons (Fsp3) is 0.478. The Morgan fingerprint density at radius 1 is 1.11 bits per heavy atom. The zero-order valence-electron chi connectivity index (χ0n) is 16.5. The SMILES string of the molecule is CC1(C)CC(=O)C2=C(C1)N=C(N)/C(=C(\N)C1CCC1)C2(C)c1ccccc1. The van der Waals surface area contributed by atoms with E-state index in [2.05, 4.69) is 32.9 Å². The Hall–Kier alpha value is -2.36. The summed E-state index contributed by atoms with van der Waals surface area (Å²) in [5.41, 5.74) is 16.8. The maximum Gasteiger partial charge on any atom is 0.162 e. The maximum atomic E-state index is 13.3. The summed E-state index contributed by atoms with van der Waals surface area (Å²) in [6.07, 6.45) is 4.65. The van der Waals surface area contributed by atoms with E-state index in [1.165, 1.54) is 6.42 Å². The van der Waals surface area contributed by atoms with Crippen LogP contribution in [0.4, 0.5) is 0 Å². The molecular formula is C23H29N3O. The monoisotopic (exact) mass is 363 g/mol. The van der Waals surface area contributed by atoms with Crippen molar-refractivity contribution in [2.45, 2.75) is 58.3 Å². The van der Waals surface area contributed by atoms with Crippen LogP contribution >= 0.6 is 0 Å². The second-order valence-electron chi connectivity index (χ2n) is 9.21. The molecule has 1 saturated carbocycles. The maximum absolute atomic E-state index is 13.3. The molecule has 0 amide bonds. The average molecular weight is 364 g/mol. The van der Waals surface area contributed by atoms with Crippen molar-refractivity contribution in [3.8, 4) is 0 Å². The van der Waals surface area contributed by atoms with Crippen LogP contribution < -0.4 is 11.5 Å². The van der Waals surface area contributed by atoms with E-state index in [9.17, 15) is 4.79 Å². The molecule has 142 valence electrons. The van der Waals surface area contributed by atoms with Crippen LogP contribution in [-0.4, -0.2) is 11.6 Å². The number of amidine groups is 1. The van der Waals surface area contributed by atoms with Gasteiger partial charge in [0.1, 0.15) is 5.84 Å². The van der Waals surface area contributed by atoms with Crippen molar-refractivity contribution in [2.24, 2.45) is 27.8 Å². The molecule has 3 aliphatic rings. The Morgan fingerprint density at radius 3 is 2.37 bits per heavy atom. The van der Waals surface area contributed by atoms with Crippen LogP contribution in [0.2, 0.25) is 0 Å². The van der Waals surface area contributed by atoms with Gasteiger partial charge in [-0.05, 0) is 43.1 Å². The van der Waals surface area contributed by atoms with Crippen molar-refractivity contribution in [3.63, 3.8) is 0 Å². The minimum atomic E-state index is -0.643. The highest BCUT2D eigenvalue weighted by molar-refractivity contribution is 6.10. The molecule has 1 aromatic rings. The second-order valence-corrected chi connectivity index (χ2v) is 9.21. The van der Waals surface area contributed by atoms with Crippen LogP contribution in [0.1, 0.15) is 58.4 Å². The standard InChI is InChI=1S/C23H29N3O/c1-22(2)12-16-18(17(27)13-22)23(3,15-10-5-4-6-11-15)19(21(25)26-16)20(24)14-8-7-9-14/h4-6,10-11,14H,7-9,12-13,24H2,1-3H3,(H2,25,26)/b20-19+. The van der Waals surface area contributed by atoms with Gasteiger partial charge in [0.25, 0.3) is 0 Å². The molecule has 4 nitrogen and oxygen atoms in total. The Morgan fingerprint density at radius 2 is 1.78 bits per heavy atom. The molecule has 1 aliphatic heterocycles. The Labute approximate surface area is 161 Å². The first kappa shape index (κ1) is 18.0. The van der Waals surface area contributed by atoms with Crippen LogP contribution in [0.3, 0.4) is 0 Å². The number of aliphatic imine (C=N–C) groups is 1. The van der Waals surface area contributed by atoms with Gasteiger partial charge in [-0.3, -0.25) is 4.79 Å². The highest BCUT2D eigenvalue weighted by atomic mass is 16.1. The van der Waals surface area contributed by atoms with Crippen molar-refractivity contribution in [1.82, 2.24) is 0 Å². The lowest BCUT2D eigenvalue weighted by molar-refractivity contribution is -0.118. The zero-order chi connectivity index (χ0) is 19.4. The number of benzene rings is 1. The van der Waals surface area contributed by atoms with Gasteiger partial charge >= 0.3 is 0 Å². The molecule has 0 spiro atoms. The lowest BCUT2D eigenvalue weighted by atomic mass is 9.60. The molecule has 0 aromatic heterocycles. The third-order valence-electron chi connectivity index (χ3n) is 6.55. The predicted octanol–water partition coefficient (Wildman–Crippen LogP) is 3.97. The minimum Gasteiger partial charge on any atom is -0.401 e. The molecule has 0 radical (unpaired) electrons. The van der Waals surface area contributed by atoms with Crippen LogP contribution in [0.15, 0.2) is 57.9 Å². The summed E-state index contributed by atoms with van der Waals surface area (Å²) in [4.78, 5) is 18.1. The normalized spacial score (nSPS) is 29.7. The lowest BCUT2D eigenvalue weighted by Gasteiger charge is -2.44. The summed E-state index contributed by atoms with van der Waals surface area (Å²) >= 11 is 0. The Bertz CT molecular complexity index is 887. The highest BCUT2D eigenvalue weighted by Crippen LogP contribution is 2.52. The fourth-order valence-corrected chi connectivity index (χ4v) is 4.95. The number of rotatable bonds is 2. The molecule has 4 rings (SSSR count). The number of hydrogen-bond acceptors (Lipinski definition) is 4. The third-order valence-corrected chi connectivity index (χ3v) is 6.55. The molecule has 27 heavy (non-hydrogen) atoms. The summed E-state index contributed by atoms with van der Waals surface area (Å²) in [5, 5.41) is 0. The van der Waals surface area contributed by atoms with E-state index < -0.39 is 5.41 Å². The average Bonchev–Trinajstić information content (AvgIpc) is 2.51. The predicted molar refractivity (Wildman–Crippen MR) is 109 cm³/mol. The van der Waals surface area contributed by atoms with Gasteiger partial charge in [0, 0.05) is 23.3 Å². The number of hydrogen-bond donors (Lipinski definition) is 2. The summed E-state index contributed by atoms with van der Waals surface area (Å²) in [5.74, 6) is 0.992. The van der Waals surface area contributed by atoms with Gasteiger partial charge in [-0.15, -0.1) is 0 Å². The molecular weight excluding hydrogens is 334 g/mol. The van der Waals surface area contributed by atoms with Crippen molar-refractivity contribution in [1.29, 1.82) is 0 Å².